The highest BCUT2D eigenvalue weighted by molar-refractivity contribution is 6.27. The molecule has 0 radical (unpaired) electrons. The SMILES string of the molecule is O=C(CCl)NCc1cc(C(F)(F)F)on1. The topological polar surface area (TPSA) is 55.1 Å². The van der Waals surface area contributed by atoms with Crippen molar-refractivity contribution >= 4 is 17.5 Å². The molecule has 0 aliphatic heterocycles. The summed E-state index contributed by atoms with van der Waals surface area (Å²) in [6.45, 7) is -0.148. The molecule has 0 aliphatic carbocycles. The first kappa shape index (κ1) is 11.8. The van der Waals surface area contributed by atoms with Gasteiger partial charge in [-0.3, -0.25) is 4.79 Å². The number of nitrogens with one attached hydrogen (secondary N) is 1. The Balaban J connectivity index is 2.58. The Bertz CT molecular complexity index is 350. The number of hydrogen-bond acceptors (Lipinski definition) is 3. The van der Waals surface area contributed by atoms with E-state index >= 15 is 0 Å². The van der Waals surface area contributed by atoms with Gasteiger partial charge < -0.3 is 9.84 Å². The Morgan fingerprint density at radius 2 is 2.27 bits per heavy atom. The molecule has 1 N–H and O–H groups in total. The summed E-state index contributed by atoms with van der Waals surface area (Å²) in [6, 6.07) is 0.717. The van der Waals surface area contributed by atoms with Crippen LogP contribution in [-0.2, 0) is 17.5 Å². The highest BCUT2D eigenvalue weighted by Crippen LogP contribution is 2.29. The molecule has 4 nitrogen and oxygen atoms in total. The van der Waals surface area contributed by atoms with Crippen molar-refractivity contribution in [3.63, 3.8) is 0 Å². The summed E-state index contributed by atoms with van der Waals surface area (Å²) in [7, 11) is 0. The zero-order valence-corrected chi connectivity index (χ0v) is 8.02. The molecule has 1 aromatic rings. The number of carbonyl (C=O) groups is 1. The van der Waals surface area contributed by atoms with E-state index in [0.717, 1.165) is 0 Å². The fraction of sp³-hybridized carbons (Fsp3) is 0.429. The number of carbonyl (C=O) groups excluding carboxylic acids is 1. The van der Waals surface area contributed by atoms with E-state index in [4.69, 9.17) is 11.6 Å². The molecule has 1 rings (SSSR count). The number of aromatic nitrogens is 1. The number of alkyl halides is 4. The number of hydrogen-bond donors (Lipinski definition) is 1. The van der Waals surface area contributed by atoms with Crippen LogP contribution in [0.25, 0.3) is 0 Å². The van der Waals surface area contributed by atoms with Crippen molar-refractivity contribution in [1.82, 2.24) is 10.5 Å². The fourth-order valence-electron chi connectivity index (χ4n) is 0.765. The van der Waals surface area contributed by atoms with Crippen LogP contribution in [0.3, 0.4) is 0 Å². The zero-order valence-electron chi connectivity index (χ0n) is 7.27. The Kier molecular flexibility index (Phi) is 3.57. The third-order valence-electron chi connectivity index (χ3n) is 1.43. The second-order valence-corrected chi connectivity index (χ2v) is 2.86. The van der Waals surface area contributed by atoms with Crippen LogP contribution >= 0.6 is 11.6 Å². The van der Waals surface area contributed by atoms with E-state index in [1.165, 1.54) is 0 Å². The molecule has 8 heteroatoms. The molecule has 0 saturated carbocycles. The Labute approximate surface area is 87.4 Å². The predicted octanol–water partition coefficient (Wildman–Crippen LogP) is 1.55. The predicted molar refractivity (Wildman–Crippen MR) is 44.1 cm³/mol. The lowest BCUT2D eigenvalue weighted by atomic mass is 10.3. The van der Waals surface area contributed by atoms with Gasteiger partial charge in [0.15, 0.2) is 0 Å². The monoisotopic (exact) mass is 242 g/mol. The largest absolute Gasteiger partial charge is 0.452 e. The van der Waals surface area contributed by atoms with Crippen LogP contribution in [0.5, 0.6) is 0 Å². The van der Waals surface area contributed by atoms with E-state index in [0.29, 0.717) is 6.07 Å². The van der Waals surface area contributed by atoms with Gasteiger partial charge in [0.25, 0.3) is 0 Å². The second-order valence-electron chi connectivity index (χ2n) is 2.59. The molecule has 1 heterocycles. The molecule has 84 valence electrons. The van der Waals surface area contributed by atoms with Gasteiger partial charge in [-0.25, -0.2) is 0 Å². The maximum Gasteiger partial charge on any atom is 0.452 e. The molecule has 0 fully saturated rings. The average molecular weight is 243 g/mol. The van der Waals surface area contributed by atoms with Crippen LogP contribution in [0.2, 0.25) is 0 Å². The van der Waals surface area contributed by atoms with E-state index in [9.17, 15) is 18.0 Å². The lowest BCUT2D eigenvalue weighted by Crippen LogP contribution is -2.23. The lowest BCUT2D eigenvalue weighted by Gasteiger charge is -1.98. The van der Waals surface area contributed by atoms with Crippen molar-refractivity contribution in [3.05, 3.63) is 17.5 Å². The summed E-state index contributed by atoms with van der Waals surface area (Å²) in [4.78, 5) is 10.7. The Hall–Kier alpha value is -1.24. The van der Waals surface area contributed by atoms with Gasteiger partial charge in [0, 0.05) is 6.07 Å². The standard InChI is InChI=1S/C7H6ClF3N2O2/c8-2-6(14)12-3-4-1-5(15-13-4)7(9,10)11/h1H,2-3H2,(H,12,14). The van der Waals surface area contributed by atoms with Crippen LogP contribution < -0.4 is 5.32 Å². The average Bonchev–Trinajstić information content (AvgIpc) is 2.61. The van der Waals surface area contributed by atoms with Gasteiger partial charge in [0.1, 0.15) is 11.6 Å². The van der Waals surface area contributed by atoms with Crippen molar-refractivity contribution in [2.75, 3.05) is 5.88 Å². The van der Waals surface area contributed by atoms with Gasteiger partial charge in [-0.2, -0.15) is 13.2 Å². The van der Waals surface area contributed by atoms with Crippen LogP contribution in [0, 0.1) is 0 Å². The smallest absolute Gasteiger partial charge is 0.351 e. The number of nitrogens with zero attached hydrogens (tertiary/aromatic N) is 1. The van der Waals surface area contributed by atoms with E-state index in [1.807, 2.05) is 0 Å². The van der Waals surface area contributed by atoms with Gasteiger partial charge in [0.05, 0.1) is 6.54 Å². The first-order valence-corrected chi connectivity index (χ1v) is 4.32. The number of rotatable bonds is 3. The molecule has 1 aromatic heterocycles. The van der Waals surface area contributed by atoms with Crippen LogP contribution in [0.15, 0.2) is 10.6 Å². The highest BCUT2D eigenvalue weighted by Gasteiger charge is 2.35. The molecule has 0 bridgehead atoms. The number of amides is 1. The molecule has 0 spiro atoms. The van der Waals surface area contributed by atoms with Gasteiger partial charge >= 0.3 is 6.18 Å². The molecular weight excluding hydrogens is 237 g/mol. The van der Waals surface area contributed by atoms with E-state index < -0.39 is 17.8 Å². The maximum absolute atomic E-state index is 12.0. The maximum atomic E-state index is 12.0. The van der Waals surface area contributed by atoms with Crippen LogP contribution in [0.4, 0.5) is 13.2 Å². The molecular formula is C7H6ClF3N2O2. The summed E-state index contributed by atoms with van der Waals surface area (Å²) < 4.78 is 40.1. The molecule has 0 unspecified atom stereocenters. The van der Waals surface area contributed by atoms with Gasteiger partial charge in [-0.1, -0.05) is 5.16 Å². The summed E-state index contributed by atoms with van der Waals surface area (Å²) in [5, 5.41) is 5.39. The third-order valence-corrected chi connectivity index (χ3v) is 1.67. The first-order chi connectivity index (χ1) is 6.93. The van der Waals surface area contributed by atoms with Gasteiger partial charge in [-0.05, 0) is 0 Å². The molecule has 0 atom stereocenters. The third kappa shape index (κ3) is 3.43. The minimum absolute atomic E-state index is 0.0132. The van der Waals surface area contributed by atoms with Gasteiger partial charge in [0.2, 0.25) is 11.7 Å². The molecule has 0 aliphatic rings. The van der Waals surface area contributed by atoms with E-state index in [-0.39, 0.29) is 18.1 Å². The highest BCUT2D eigenvalue weighted by atomic mass is 35.5. The lowest BCUT2D eigenvalue weighted by molar-refractivity contribution is -0.155. The second kappa shape index (κ2) is 4.52. The van der Waals surface area contributed by atoms with Crippen molar-refractivity contribution in [1.29, 1.82) is 0 Å². The zero-order chi connectivity index (χ0) is 11.5. The van der Waals surface area contributed by atoms with Crippen LogP contribution in [-0.4, -0.2) is 16.9 Å². The van der Waals surface area contributed by atoms with Gasteiger partial charge in [-0.15, -0.1) is 11.6 Å². The van der Waals surface area contributed by atoms with E-state index in [1.54, 1.807) is 0 Å². The molecule has 1 amide bonds. The summed E-state index contributed by atoms with van der Waals surface area (Å²) in [5.74, 6) is -1.95. The minimum Gasteiger partial charge on any atom is -0.351 e. The summed E-state index contributed by atoms with van der Waals surface area (Å²) in [6.07, 6.45) is -4.57. The van der Waals surface area contributed by atoms with Crippen LogP contribution in [0.1, 0.15) is 11.5 Å². The van der Waals surface area contributed by atoms with E-state index in [2.05, 4.69) is 15.0 Å². The molecule has 0 saturated heterocycles. The van der Waals surface area contributed by atoms with Crippen molar-refractivity contribution in [2.24, 2.45) is 0 Å². The molecule has 15 heavy (non-hydrogen) atoms. The normalized spacial score (nSPS) is 11.5. The van der Waals surface area contributed by atoms with Crippen molar-refractivity contribution in [2.45, 2.75) is 12.7 Å². The summed E-state index contributed by atoms with van der Waals surface area (Å²) in [5.41, 5.74) is -0.0132. The quantitative estimate of drug-likeness (QED) is 0.818. The minimum atomic E-state index is -4.57. The summed E-state index contributed by atoms with van der Waals surface area (Å²) >= 11 is 5.16. The molecule has 0 aromatic carbocycles. The first-order valence-electron chi connectivity index (χ1n) is 3.79. The number of halogens is 4. The fourth-order valence-corrected chi connectivity index (χ4v) is 0.860. The van der Waals surface area contributed by atoms with Crippen molar-refractivity contribution in [3.8, 4) is 0 Å². The Morgan fingerprint density at radius 3 is 2.73 bits per heavy atom. The Morgan fingerprint density at radius 1 is 1.60 bits per heavy atom. The van der Waals surface area contributed by atoms with Crippen molar-refractivity contribution < 1.29 is 22.5 Å².